The number of carbonyl (C=O) groups excluding carboxylic acids is 3. The van der Waals surface area contributed by atoms with Crippen molar-refractivity contribution in [3.8, 4) is 0 Å². The van der Waals surface area contributed by atoms with Crippen LogP contribution in [0.15, 0.2) is 0 Å². The van der Waals surface area contributed by atoms with E-state index in [1.54, 1.807) is 0 Å². The van der Waals surface area contributed by atoms with Crippen LogP contribution in [0.25, 0.3) is 0 Å². The van der Waals surface area contributed by atoms with Crippen molar-refractivity contribution in [3.05, 3.63) is 0 Å². The smallest absolute Gasteiger partial charge is 0.303 e. The average molecular weight is 391 g/mol. The van der Waals surface area contributed by atoms with Gasteiger partial charge in [0, 0.05) is 25.2 Å². The number of hydrogen-bond donors (Lipinski definition) is 1. The number of aliphatic hydroxyl groups is 1. The standard InChI is InChI=1S/C23H34O5/c1-13(24)28-12-20(27)18-7-6-17-16-5-4-14-10-15(25)8-9-22(14,2)21(16)19(26)11-23(17,18)3/h14-18,21,25H,4-12H2,1-3H3/t14-,15+,16?,17?,18+,21?,22-,23-/m0/s1. The number of ether oxygens (including phenoxy) is 1. The van der Waals surface area contributed by atoms with Crippen LogP contribution in [0.4, 0.5) is 0 Å². The molecule has 156 valence electrons. The predicted octanol–water partition coefficient (Wildman–Crippen LogP) is 3.32. The summed E-state index contributed by atoms with van der Waals surface area (Å²) in [6, 6.07) is 0. The van der Waals surface area contributed by atoms with Gasteiger partial charge >= 0.3 is 5.97 Å². The van der Waals surface area contributed by atoms with Gasteiger partial charge in [-0.15, -0.1) is 0 Å². The predicted molar refractivity (Wildman–Crippen MR) is 103 cm³/mol. The summed E-state index contributed by atoms with van der Waals surface area (Å²) in [5, 5.41) is 10.1. The van der Waals surface area contributed by atoms with E-state index < -0.39 is 5.97 Å². The van der Waals surface area contributed by atoms with Crippen molar-refractivity contribution in [2.24, 2.45) is 40.4 Å². The second kappa shape index (κ2) is 6.93. The van der Waals surface area contributed by atoms with E-state index >= 15 is 0 Å². The minimum atomic E-state index is -0.432. The summed E-state index contributed by atoms with van der Waals surface area (Å²) in [6.45, 7) is 5.58. The Balaban J connectivity index is 1.58. The van der Waals surface area contributed by atoms with E-state index in [1.807, 2.05) is 0 Å². The maximum Gasteiger partial charge on any atom is 0.303 e. The molecule has 0 aromatic carbocycles. The second-order valence-electron chi connectivity index (χ2n) is 10.5. The van der Waals surface area contributed by atoms with E-state index in [9.17, 15) is 19.5 Å². The molecule has 4 fully saturated rings. The molecular formula is C23H34O5. The molecule has 0 heterocycles. The molecule has 0 radical (unpaired) electrons. The summed E-state index contributed by atoms with van der Waals surface area (Å²) in [4.78, 5) is 37.4. The highest BCUT2D eigenvalue weighted by molar-refractivity contribution is 5.89. The molecule has 4 aliphatic carbocycles. The number of rotatable bonds is 3. The zero-order valence-corrected chi connectivity index (χ0v) is 17.4. The van der Waals surface area contributed by atoms with Crippen LogP contribution in [0.5, 0.6) is 0 Å². The fourth-order valence-electron chi connectivity index (χ4n) is 7.85. The van der Waals surface area contributed by atoms with Crippen LogP contribution in [0.2, 0.25) is 0 Å². The van der Waals surface area contributed by atoms with Crippen molar-refractivity contribution in [2.75, 3.05) is 6.61 Å². The Hall–Kier alpha value is -1.23. The van der Waals surface area contributed by atoms with Gasteiger partial charge < -0.3 is 9.84 Å². The Labute approximate surface area is 167 Å². The molecule has 3 unspecified atom stereocenters. The van der Waals surface area contributed by atoms with Crippen LogP contribution in [0.1, 0.15) is 72.1 Å². The molecule has 0 saturated heterocycles. The summed E-state index contributed by atoms with van der Waals surface area (Å²) in [7, 11) is 0. The molecule has 4 saturated carbocycles. The van der Waals surface area contributed by atoms with Crippen LogP contribution in [0.3, 0.4) is 0 Å². The van der Waals surface area contributed by atoms with Crippen LogP contribution in [-0.4, -0.2) is 35.4 Å². The minimum absolute atomic E-state index is 0.000393. The van der Waals surface area contributed by atoms with Gasteiger partial charge in [-0.25, -0.2) is 0 Å². The van der Waals surface area contributed by atoms with Crippen LogP contribution in [-0.2, 0) is 19.1 Å². The summed E-state index contributed by atoms with van der Waals surface area (Å²) in [5.41, 5.74) is -0.298. The largest absolute Gasteiger partial charge is 0.458 e. The Morgan fingerprint density at radius 3 is 2.57 bits per heavy atom. The van der Waals surface area contributed by atoms with E-state index in [2.05, 4.69) is 13.8 Å². The third kappa shape index (κ3) is 2.96. The van der Waals surface area contributed by atoms with Gasteiger partial charge in [-0.05, 0) is 73.5 Å². The van der Waals surface area contributed by atoms with Gasteiger partial charge in [0.05, 0.1) is 6.10 Å². The maximum absolute atomic E-state index is 13.5. The third-order valence-corrected chi connectivity index (χ3v) is 9.13. The van der Waals surface area contributed by atoms with Crippen molar-refractivity contribution in [1.82, 2.24) is 0 Å². The van der Waals surface area contributed by atoms with Crippen molar-refractivity contribution in [1.29, 1.82) is 0 Å². The summed E-state index contributed by atoms with van der Waals surface area (Å²) in [5.74, 6) is 0.971. The molecule has 0 aromatic heterocycles. The maximum atomic E-state index is 13.5. The van der Waals surface area contributed by atoms with Crippen LogP contribution < -0.4 is 0 Å². The fourth-order valence-corrected chi connectivity index (χ4v) is 7.85. The van der Waals surface area contributed by atoms with Gasteiger partial charge in [0.1, 0.15) is 12.4 Å². The fraction of sp³-hybridized carbons (Fsp3) is 0.870. The van der Waals surface area contributed by atoms with E-state index in [4.69, 9.17) is 4.74 Å². The van der Waals surface area contributed by atoms with Crippen molar-refractivity contribution >= 4 is 17.5 Å². The quantitative estimate of drug-likeness (QED) is 0.748. The molecular weight excluding hydrogens is 356 g/mol. The lowest BCUT2D eigenvalue weighted by Gasteiger charge is -2.59. The van der Waals surface area contributed by atoms with Crippen LogP contribution >= 0.6 is 0 Å². The lowest BCUT2D eigenvalue weighted by molar-refractivity contribution is -0.163. The molecule has 5 nitrogen and oxygen atoms in total. The molecule has 0 spiro atoms. The lowest BCUT2D eigenvalue weighted by Crippen LogP contribution is -2.58. The Morgan fingerprint density at radius 2 is 1.86 bits per heavy atom. The normalized spacial score (nSPS) is 47.6. The zero-order valence-electron chi connectivity index (χ0n) is 17.4. The first-order valence-electron chi connectivity index (χ1n) is 11.0. The molecule has 0 aromatic rings. The molecule has 8 atom stereocenters. The Bertz CT molecular complexity index is 686. The third-order valence-electron chi connectivity index (χ3n) is 9.13. The van der Waals surface area contributed by atoms with Gasteiger partial charge in [-0.1, -0.05) is 13.8 Å². The van der Waals surface area contributed by atoms with E-state index in [0.717, 1.165) is 44.9 Å². The molecule has 0 aliphatic heterocycles. The number of esters is 1. The molecule has 5 heteroatoms. The Morgan fingerprint density at radius 1 is 1.11 bits per heavy atom. The van der Waals surface area contributed by atoms with Gasteiger partial charge in [0.25, 0.3) is 0 Å². The highest BCUT2D eigenvalue weighted by Crippen LogP contribution is 2.66. The van der Waals surface area contributed by atoms with Crippen LogP contribution in [0, 0.1) is 40.4 Å². The number of fused-ring (bicyclic) bond motifs is 5. The number of ketones is 2. The molecule has 4 rings (SSSR count). The SMILES string of the molecule is CC(=O)OCC(=O)[C@H]1CCC2C3CC[C@H]4C[C@H](O)CC[C@]4(C)C3C(=O)C[C@@]21C. The number of carbonyl (C=O) groups is 3. The van der Waals surface area contributed by atoms with Gasteiger partial charge in [0.2, 0.25) is 0 Å². The van der Waals surface area contributed by atoms with Gasteiger partial charge in [0.15, 0.2) is 5.78 Å². The molecule has 0 amide bonds. The molecule has 1 N–H and O–H groups in total. The first-order valence-corrected chi connectivity index (χ1v) is 11.0. The van der Waals surface area contributed by atoms with Crippen molar-refractivity contribution in [3.63, 3.8) is 0 Å². The first-order chi connectivity index (χ1) is 13.2. The number of aliphatic hydroxyl groups excluding tert-OH is 1. The molecule has 28 heavy (non-hydrogen) atoms. The Kier molecular flexibility index (Phi) is 4.96. The van der Waals surface area contributed by atoms with Crippen molar-refractivity contribution < 1.29 is 24.2 Å². The monoisotopic (exact) mass is 390 g/mol. The molecule has 4 aliphatic rings. The topological polar surface area (TPSA) is 80.7 Å². The number of hydrogen-bond acceptors (Lipinski definition) is 5. The summed E-state index contributed by atoms with van der Waals surface area (Å²) >= 11 is 0. The highest BCUT2D eigenvalue weighted by atomic mass is 16.5. The minimum Gasteiger partial charge on any atom is -0.458 e. The lowest BCUT2D eigenvalue weighted by atomic mass is 9.44. The second-order valence-corrected chi connectivity index (χ2v) is 10.5. The average Bonchev–Trinajstić information content (AvgIpc) is 2.96. The first kappa shape index (κ1) is 20.1. The van der Waals surface area contributed by atoms with Gasteiger partial charge in [-0.2, -0.15) is 0 Å². The van der Waals surface area contributed by atoms with E-state index in [0.29, 0.717) is 30.0 Å². The summed E-state index contributed by atoms with van der Waals surface area (Å²) in [6.07, 6.45) is 6.74. The highest BCUT2D eigenvalue weighted by Gasteiger charge is 2.64. The van der Waals surface area contributed by atoms with E-state index in [-0.39, 0.29) is 41.2 Å². The van der Waals surface area contributed by atoms with E-state index in [1.165, 1.54) is 6.92 Å². The number of Topliss-reactive ketones (excluding diaryl/α,β-unsaturated/α-hetero) is 2. The van der Waals surface area contributed by atoms with Gasteiger partial charge in [-0.3, -0.25) is 14.4 Å². The summed E-state index contributed by atoms with van der Waals surface area (Å²) < 4.78 is 4.97. The zero-order chi connectivity index (χ0) is 20.3. The van der Waals surface area contributed by atoms with Crippen molar-refractivity contribution in [2.45, 2.75) is 78.2 Å². The molecule has 0 bridgehead atoms.